The lowest BCUT2D eigenvalue weighted by atomic mass is 10.1. The van der Waals surface area contributed by atoms with Crippen molar-refractivity contribution < 1.29 is 18.7 Å². The van der Waals surface area contributed by atoms with Crippen LogP contribution in [0.5, 0.6) is 11.5 Å². The number of methoxy groups -OCH3 is 1. The Morgan fingerprint density at radius 3 is 2.84 bits per heavy atom. The number of hydrogen-bond acceptors (Lipinski definition) is 6. The van der Waals surface area contributed by atoms with Crippen molar-refractivity contribution in [2.75, 3.05) is 19.0 Å². The number of rotatable bonds is 8. The van der Waals surface area contributed by atoms with Gasteiger partial charge in [0, 0.05) is 16.5 Å². The van der Waals surface area contributed by atoms with Gasteiger partial charge in [0.15, 0.2) is 21.8 Å². The highest BCUT2D eigenvalue weighted by atomic mass is 32.1. The number of carbonyl (C=O) groups is 1. The molecule has 0 saturated carbocycles. The molecule has 162 valence electrons. The maximum atomic E-state index is 13.9. The molecule has 0 radical (unpaired) electrons. The Morgan fingerprint density at radius 2 is 2.10 bits per heavy atom. The summed E-state index contributed by atoms with van der Waals surface area (Å²) in [6.07, 6.45) is 1.98. The summed E-state index contributed by atoms with van der Waals surface area (Å²) in [5, 5.41) is 7.88. The van der Waals surface area contributed by atoms with Gasteiger partial charge in [-0.2, -0.15) is 0 Å². The van der Waals surface area contributed by atoms with Crippen molar-refractivity contribution >= 4 is 39.7 Å². The van der Waals surface area contributed by atoms with Crippen LogP contribution in [0, 0.1) is 5.82 Å². The zero-order valence-corrected chi connectivity index (χ0v) is 18.7. The van der Waals surface area contributed by atoms with Crippen molar-refractivity contribution in [3.05, 3.63) is 59.2 Å². The number of thiazole rings is 1. The highest BCUT2D eigenvalue weighted by Crippen LogP contribution is 2.28. The summed E-state index contributed by atoms with van der Waals surface area (Å²) in [4.78, 5) is 16.9. The summed E-state index contributed by atoms with van der Waals surface area (Å²) in [6.45, 7) is 2.69. The van der Waals surface area contributed by atoms with Gasteiger partial charge in [-0.05, 0) is 55.0 Å². The summed E-state index contributed by atoms with van der Waals surface area (Å²) in [5.74, 6) is -0.0176. The summed E-state index contributed by atoms with van der Waals surface area (Å²) < 4.78 is 24.5. The number of ether oxygens (including phenoxy) is 2. The molecule has 3 rings (SSSR count). The highest BCUT2D eigenvalue weighted by Gasteiger charge is 2.12. The molecule has 9 heteroatoms. The quantitative estimate of drug-likeness (QED) is 0.354. The van der Waals surface area contributed by atoms with E-state index in [4.69, 9.17) is 21.7 Å². The third kappa shape index (κ3) is 6.22. The van der Waals surface area contributed by atoms with Gasteiger partial charge in [0.25, 0.3) is 5.91 Å². The molecule has 3 aromatic rings. The molecule has 0 atom stereocenters. The van der Waals surface area contributed by atoms with Crippen LogP contribution in [-0.2, 0) is 0 Å². The largest absolute Gasteiger partial charge is 0.494 e. The topological polar surface area (TPSA) is 72.5 Å². The van der Waals surface area contributed by atoms with E-state index in [1.807, 2.05) is 6.07 Å². The van der Waals surface area contributed by atoms with Crippen LogP contribution in [-0.4, -0.2) is 29.7 Å². The second kappa shape index (κ2) is 10.8. The maximum Gasteiger partial charge on any atom is 0.257 e. The minimum absolute atomic E-state index is 0.115. The predicted octanol–water partition coefficient (Wildman–Crippen LogP) is 5.26. The zero-order chi connectivity index (χ0) is 22.2. The molecule has 0 saturated heterocycles. The molecule has 0 aliphatic rings. The van der Waals surface area contributed by atoms with Gasteiger partial charge in [0.1, 0.15) is 5.75 Å². The van der Waals surface area contributed by atoms with E-state index >= 15 is 0 Å². The van der Waals surface area contributed by atoms with Crippen LogP contribution >= 0.6 is 23.6 Å². The third-order valence-electron chi connectivity index (χ3n) is 4.26. The monoisotopic (exact) mass is 459 g/mol. The lowest BCUT2D eigenvalue weighted by Gasteiger charge is -2.09. The number of thiocarbonyl (C=S) groups is 1. The Hall–Kier alpha value is -3.04. The fourth-order valence-corrected chi connectivity index (χ4v) is 3.63. The van der Waals surface area contributed by atoms with Crippen molar-refractivity contribution in [3.8, 4) is 22.8 Å². The summed E-state index contributed by atoms with van der Waals surface area (Å²) in [7, 11) is 1.41. The number of nitrogens with one attached hydrogen (secondary N) is 2. The molecule has 0 aliphatic heterocycles. The van der Waals surface area contributed by atoms with Crippen molar-refractivity contribution in [2.24, 2.45) is 0 Å². The van der Waals surface area contributed by atoms with Gasteiger partial charge >= 0.3 is 0 Å². The molecule has 2 aromatic carbocycles. The second-order valence-corrected chi connectivity index (χ2v) is 7.79. The number of benzene rings is 2. The standard InChI is InChI=1S/C22H22FN3O3S2/c1-3-4-10-29-16-7-5-6-15(11-16)20(27)25-21(30)26-22-24-18(13-31-22)14-8-9-19(28-2)17(23)12-14/h5-9,11-13H,3-4,10H2,1-2H3,(H2,24,25,26,27,30). The van der Waals surface area contributed by atoms with Gasteiger partial charge in [-0.15, -0.1) is 11.3 Å². The molecule has 0 aliphatic carbocycles. The first-order valence-electron chi connectivity index (χ1n) is 9.64. The molecular formula is C22H22FN3O3S2. The molecule has 6 nitrogen and oxygen atoms in total. The molecule has 0 unspecified atom stereocenters. The molecule has 2 N–H and O–H groups in total. The van der Waals surface area contributed by atoms with Gasteiger partial charge in [0.05, 0.1) is 19.4 Å². The van der Waals surface area contributed by atoms with Gasteiger partial charge in [-0.3, -0.25) is 10.1 Å². The van der Waals surface area contributed by atoms with Crippen LogP contribution in [0.2, 0.25) is 0 Å². The second-order valence-electron chi connectivity index (χ2n) is 6.53. The van der Waals surface area contributed by atoms with Crippen LogP contribution in [0.1, 0.15) is 30.1 Å². The van der Waals surface area contributed by atoms with E-state index in [0.29, 0.717) is 34.3 Å². The molecule has 1 aromatic heterocycles. The first-order chi connectivity index (χ1) is 15.0. The fraction of sp³-hybridized carbons (Fsp3) is 0.227. The SMILES string of the molecule is CCCCOc1cccc(C(=O)NC(=S)Nc2nc(-c3ccc(OC)c(F)c3)cs2)c1. The minimum atomic E-state index is -0.466. The Morgan fingerprint density at radius 1 is 1.26 bits per heavy atom. The minimum Gasteiger partial charge on any atom is -0.494 e. The lowest BCUT2D eigenvalue weighted by Crippen LogP contribution is -2.34. The number of nitrogens with zero attached hydrogens (tertiary/aromatic N) is 1. The Kier molecular flexibility index (Phi) is 7.91. The molecule has 0 fully saturated rings. The Bertz CT molecular complexity index is 1070. The van der Waals surface area contributed by atoms with Gasteiger partial charge in [-0.1, -0.05) is 19.4 Å². The van der Waals surface area contributed by atoms with Crippen molar-refractivity contribution in [2.45, 2.75) is 19.8 Å². The number of hydrogen-bond donors (Lipinski definition) is 2. The van der Waals surface area contributed by atoms with Crippen molar-refractivity contribution in [3.63, 3.8) is 0 Å². The third-order valence-corrected chi connectivity index (χ3v) is 5.22. The number of unbranched alkanes of at least 4 members (excludes halogenated alkanes) is 1. The Labute approximate surface area is 189 Å². The smallest absolute Gasteiger partial charge is 0.257 e. The molecular weight excluding hydrogens is 437 g/mol. The van der Waals surface area contributed by atoms with E-state index in [1.165, 1.54) is 24.5 Å². The molecule has 0 bridgehead atoms. The number of aromatic nitrogens is 1. The lowest BCUT2D eigenvalue weighted by molar-refractivity contribution is 0.0977. The average Bonchev–Trinajstić information content (AvgIpc) is 3.22. The van der Waals surface area contributed by atoms with E-state index in [2.05, 4.69) is 22.5 Å². The molecule has 1 amide bonds. The molecule has 31 heavy (non-hydrogen) atoms. The number of carbonyl (C=O) groups excluding carboxylic acids is 1. The predicted molar refractivity (Wildman–Crippen MR) is 125 cm³/mol. The number of halogens is 1. The Balaban J connectivity index is 1.59. The number of amides is 1. The summed E-state index contributed by atoms with van der Waals surface area (Å²) >= 11 is 6.52. The fourth-order valence-electron chi connectivity index (χ4n) is 2.65. The first kappa shape index (κ1) is 22.6. The molecule has 0 spiro atoms. The van der Waals surface area contributed by atoms with Crippen LogP contribution in [0.3, 0.4) is 0 Å². The maximum absolute atomic E-state index is 13.9. The summed E-state index contributed by atoms with van der Waals surface area (Å²) in [6, 6.07) is 11.5. The normalized spacial score (nSPS) is 10.4. The average molecular weight is 460 g/mol. The summed E-state index contributed by atoms with van der Waals surface area (Å²) in [5.41, 5.74) is 1.63. The van der Waals surface area contributed by atoms with Crippen LogP contribution < -0.4 is 20.1 Å². The van der Waals surface area contributed by atoms with Gasteiger partial charge in [0.2, 0.25) is 0 Å². The van der Waals surface area contributed by atoms with Crippen molar-refractivity contribution in [1.29, 1.82) is 0 Å². The first-order valence-corrected chi connectivity index (χ1v) is 10.9. The van der Waals surface area contributed by atoms with E-state index in [9.17, 15) is 9.18 Å². The highest BCUT2D eigenvalue weighted by molar-refractivity contribution is 7.80. The molecule has 1 heterocycles. The van der Waals surface area contributed by atoms with Gasteiger partial charge < -0.3 is 14.8 Å². The van der Waals surface area contributed by atoms with E-state index in [-0.39, 0.29) is 16.8 Å². The van der Waals surface area contributed by atoms with Crippen molar-refractivity contribution in [1.82, 2.24) is 10.3 Å². The van der Waals surface area contributed by atoms with Crippen LogP contribution in [0.15, 0.2) is 47.8 Å². The number of anilines is 1. The van der Waals surface area contributed by atoms with E-state index < -0.39 is 5.82 Å². The zero-order valence-electron chi connectivity index (χ0n) is 17.1. The van der Waals surface area contributed by atoms with Crippen LogP contribution in [0.25, 0.3) is 11.3 Å². The van der Waals surface area contributed by atoms with E-state index in [0.717, 1.165) is 12.8 Å². The van der Waals surface area contributed by atoms with E-state index in [1.54, 1.807) is 35.7 Å². The van der Waals surface area contributed by atoms with Gasteiger partial charge in [-0.25, -0.2) is 9.37 Å². The van der Waals surface area contributed by atoms with Crippen LogP contribution in [0.4, 0.5) is 9.52 Å².